The number of rotatable bonds is 4. The zero-order chi connectivity index (χ0) is 14.0. The average Bonchev–Trinajstić information content (AvgIpc) is 2.74. The van der Waals surface area contributed by atoms with Gasteiger partial charge in [-0.25, -0.2) is 4.79 Å². The third-order valence-electron chi connectivity index (χ3n) is 3.35. The fourth-order valence-electron chi connectivity index (χ4n) is 2.36. The normalized spacial score (nSPS) is 13.3. The minimum atomic E-state index is -0.273. The number of benzene rings is 1. The average molecular weight is 262 g/mol. The monoisotopic (exact) mass is 262 g/mol. The van der Waals surface area contributed by atoms with Crippen molar-refractivity contribution in [2.75, 3.05) is 20.8 Å². The highest BCUT2D eigenvalue weighted by atomic mass is 16.5. The largest absolute Gasteiger partial charge is 0.493 e. The zero-order valence-electron chi connectivity index (χ0n) is 11.7. The molecule has 19 heavy (non-hydrogen) atoms. The highest BCUT2D eigenvalue weighted by Crippen LogP contribution is 2.40. The molecule has 0 bridgehead atoms. The molecule has 102 valence electrons. The molecule has 0 radical (unpaired) electrons. The van der Waals surface area contributed by atoms with E-state index < -0.39 is 0 Å². The van der Waals surface area contributed by atoms with Crippen molar-refractivity contribution < 1.29 is 19.0 Å². The molecule has 0 aliphatic heterocycles. The van der Waals surface area contributed by atoms with Gasteiger partial charge in [-0.1, -0.05) is 0 Å². The summed E-state index contributed by atoms with van der Waals surface area (Å²) in [4.78, 5) is 11.7. The lowest BCUT2D eigenvalue weighted by Crippen LogP contribution is -2.05. The molecule has 0 fully saturated rings. The molecule has 4 heteroatoms. The Bertz CT molecular complexity index is 543. The van der Waals surface area contributed by atoms with Gasteiger partial charge in [-0.05, 0) is 42.7 Å². The molecule has 0 atom stereocenters. The van der Waals surface area contributed by atoms with E-state index in [1.54, 1.807) is 7.11 Å². The number of carbonyl (C=O) groups excluding carboxylic acids is 1. The summed E-state index contributed by atoms with van der Waals surface area (Å²) in [6.45, 7) is 4.43. The summed E-state index contributed by atoms with van der Waals surface area (Å²) in [6.07, 6.45) is 0.580. The molecule has 1 aliphatic rings. The SMILES string of the molecule is CCOc1cc2c(cc1OC)CC(C(=O)OC)=C2C. The van der Waals surface area contributed by atoms with Crippen molar-refractivity contribution in [2.24, 2.45) is 0 Å². The number of hydrogen-bond donors (Lipinski definition) is 0. The topological polar surface area (TPSA) is 44.8 Å². The minimum absolute atomic E-state index is 0.273. The number of ether oxygens (including phenoxy) is 3. The lowest BCUT2D eigenvalue weighted by molar-refractivity contribution is -0.136. The van der Waals surface area contributed by atoms with Crippen LogP contribution in [0, 0.1) is 0 Å². The van der Waals surface area contributed by atoms with Crippen LogP contribution >= 0.6 is 0 Å². The minimum Gasteiger partial charge on any atom is -0.493 e. The van der Waals surface area contributed by atoms with Gasteiger partial charge in [0.2, 0.25) is 0 Å². The molecule has 0 spiro atoms. The third-order valence-corrected chi connectivity index (χ3v) is 3.35. The van der Waals surface area contributed by atoms with Gasteiger partial charge in [0, 0.05) is 12.0 Å². The molecule has 0 saturated heterocycles. The van der Waals surface area contributed by atoms with E-state index >= 15 is 0 Å². The standard InChI is InChI=1S/C15H18O4/c1-5-19-14-8-11-9(2)12(15(16)18-4)6-10(11)7-13(14)17-3/h7-8H,5-6H2,1-4H3. The first kappa shape index (κ1) is 13.5. The van der Waals surface area contributed by atoms with Crippen molar-refractivity contribution in [1.82, 2.24) is 0 Å². The Kier molecular flexibility index (Phi) is 3.79. The third kappa shape index (κ3) is 2.30. The molecule has 0 unspecified atom stereocenters. The second-order valence-corrected chi connectivity index (χ2v) is 4.37. The van der Waals surface area contributed by atoms with E-state index in [0.29, 0.717) is 30.1 Å². The van der Waals surface area contributed by atoms with Gasteiger partial charge in [0.1, 0.15) is 0 Å². The van der Waals surface area contributed by atoms with Gasteiger partial charge in [-0.15, -0.1) is 0 Å². The van der Waals surface area contributed by atoms with E-state index in [9.17, 15) is 4.79 Å². The van der Waals surface area contributed by atoms with E-state index in [-0.39, 0.29) is 5.97 Å². The number of carbonyl (C=O) groups is 1. The predicted molar refractivity (Wildman–Crippen MR) is 72.5 cm³/mol. The molecule has 1 aliphatic carbocycles. The molecule has 0 heterocycles. The first-order chi connectivity index (χ1) is 9.12. The van der Waals surface area contributed by atoms with Gasteiger partial charge in [-0.3, -0.25) is 0 Å². The molecule has 1 aromatic carbocycles. The highest BCUT2D eigenvalue weighted by Gasteiger charge is 2.26. The quantitative estimate of drug-likeness (QED) is 0.782. The van der Waals surface area contributed by atoms with Crippen LogP contribution in [-0.2, 0) is 16.0 Å². The van der Waals surface area contributed by atoms with Crippen molar-refractivity contribution in [3.63, 3.8) is 0 Å². The van der Waals surface area contributed by atoms with Crippen molar-refractivity contribution in [3.8, 4) is 11.5 Å². The lowest BCUT2D eigenvalue weighted by Gasteiger charge is -2.12. The van der Waals surface area contributed by atoms with Crippen LogP contribution < -0.4 is 9.47 Å². The summed E-state index contributed by atoms with van der Waals surface area (Å²) in [7, 11) is 3.01. The Balaban J connectivity index is 2.46. The number of allylic oxidation sites excluding steroid dienone is 1. The molecular formula is C15H18O4. The fraction of sp³-hybridized carbons (Fsp3) is 0.400. The van der Waals surface area contributed by atoms with Gasteiger partial charge >= 0.3 is 5.97 Å². The summed E-state index contributed by atoms with van der Waals surface area (Å²) in [5.74, 6) is 1.12. The molecule has 1 aromatic rings. The number of esters is 1. The van der Waals surface area contributed by atoms with Gasteiger partial charge in [0.25, 0.3) is 0 Å². The van der Waals surface area contributed by atoms with E-state index in [1.807, 2.05) is 26.0 Å². The Labute approximate surface area is 113 Å². The Morgan fingerprint density at radius 2 is 2.00 bits per heavy atom. The summed E-state index contributed by atoms with van der Waals surface area (Å²) in [5.41, 5.74) is 3.75. The van der Waals surface area contributed by atoms with Crippen LogP contribution in [0.3, 0.4) is 0 Å². The molecule has 0 N–H and O–H groups in total. The van der Waals surface area contributed by atoms with Gasteiger partial charge in [-0.2, -0.15) is 0 Å². The van der Waals surface area contributed by atoms with E-state index in [0.717, 1.165) is 16.7 Å². The van der Waals surface area contributed by atoms with Gasteiger partial charge in [0.15, 0.2) is 11.5 Å². The highest BCUT2D eigenvalue weighted by molar-refractivity contribution is 6.00. The second-order valence-electron chi connectivity index (χ2n) is 4.37. The summed E-state index contributed by atoms with van der Waals surface area (Å²) >= 11 is 0. The first-order valence-electron chi connectivity index (χ1n) is 6.24. The van der Waals surface area contributed by atoms with Crippen LogP contribution in [0.2, 0.25) is 0 Å². The van der Waals surface area contributed by atoms with Crippen molar-refractivity contribution in [1.29, 1.82) is 0 Å². The smallest absolute Gasteiger partial charge is 0.334 e. The van der Waals surface area contributed by atoms with Crippen molar-refractivity contribution in [2.45, 2.75) is 20.3 Å². The van der Waals surface area contributed by atoms with Crippen molar-refractivity contribution >= 4 is 11.5 Å². The van der Waals surface area contributed by atoms with E-state index in [1.165, 1.54) is 7.11 Å². The fourth-order valence-corrected chi connectivity index (χ4v) is 2.36. The molecular weight excluding hydrogens is 244 g/mol. The number of hydrogen-bond acceptors (Lipinski definition) is 4. The summed E-state index contributed by atoms with van der Waals surface area (Å²) in [6, 6.07) is 3.86. The van der Waals surface area contributed by atoms with Gasteiger partial charge in [0.05, 0.1) is 20.8 Å². The van der Waals surface area contributed by atoms with Crippen LogP contribution in [0.25, 0.3) is 5.57 Å². The molecule has 0 saturated carbocycles. The second kappa shape index (κ2) is 5.34. The maximum atomic E-state index is 11.7. The first-order valence-corrected chi connectivity index (χ1v) is 6.24. The van der Waals surface area contributed by atoms with Crippen molar-refractivity contribution in [3.05, 3.63) is 28.8 Å². The lowest BCUT2D eigenvalue weighted by atomic mass is 10.1. The van der Waals surface area contributed by atoms with Crippen LogP contribution in [0.1, 0.15) is 25.0 Å². The summed E-state index contributed by atoms with van der Waals surface area (Å²) < 4.78 is 15.7. The van der Waals surface area contributed by atoms with Crippen LogP contribution in [0.15, 0.2) is 17.7 Å². The predicted octanol–water partition coefficient (Wildman–Crippen LogP) is 2.60. The number of fused-ring (bicyclic) bond motifs is 1. The zero-order valence-corrected chi connectivity index (χ0v) is 11.7. The van der Waals surface area contributed by atoms with Crippen LogP contribution in [0.5, 0.6) is 11.5 Å². The van der Waals surface area contributed by atoms with E-state index in [2.05, 4.69) is 0 Å². The number of methoxy groups -OCH3 is 2. The molecule has 0 aromatic heterocycles. The van der Waals surface area contributed by atoms with E-state index in [4.69, 9.17) is 14.2 Å². The maximum Gasteiger partial charge on any atom is 0.334 e. The Morgan fingerprint density at radius 3 is 2.58 bits per heavy atom. The molecule has 0 amide bonds. The Morgan fingerprint density at radius 1 is 1.26 bits per heavy atom. The summed E-state index contributed by atoms with van der Waals surface area (Å²) in [5, 5.41) is 0. The maximum absolute atomic E-state index is 11.7. The Hall–Kier alpha value is -1.97. The molecule has 2 rings (SSSR count). The van der Waals surface area contributed by atoms with Crippen LogP contribution in [0.4, 0.5) is 0 Å². The van der Waals surface area contributed by atoms with Crippen LogP contribution in [-0.4, -0.2) is 26.8 Å². The molecule has 4 nitrogen and oxygen atoms in total. The van der Waals surface area contributed by atoms with Gasteiger partial charge < -0.3 is 14.2 Å².